The van der Waals surface area contributed by atoms with Crippen molar-refractivity contribution in [3.8, 4) is 0 Å². The van der Waals surface area contributed by atoms with Crippen LogP contribution in [0.4, 0.5) is 0 Å². The molecule has 0 aliphatic heterocycles. The van der Waals surface area contributed by atoms with Crippen molar-refractivity contribution in [3.63, 3.8) is 0 Å². The molecule has 112 valence electrons. The molecule has 0 heterocycles. The summed E-state index contributed by atoms with van der Waals surface area (Å²) in [5.74, 6) is -0.498. The van der Waals surface area contributed by atoms with Gasteiger partial charge >= 0.3 is 5.97 Å². The van der Waals surface area contributed by atoms with Gasteiger partial charge in [-0.2, -0.15) is 0 Å². The van der Waals surface area contributed by atoms with E-state index in [9.17, 15) is 9.59 Å². The number of aliphatic carboxylic acids is 1. The van der Waals surface area contributed by atoms with E-state index in [1.807, 2.05) is 13.8 Å². The van der Waals surface area contributed by atoms with E-state index >= 15 is 0 Å². The average molecular weight is 273 g/mol. The number of amides is 1. The number of carbonyl (C=O) groups excluding carboxylic acids is 1. The summed E-state index contributed by atoms with van der Waals surface area (Å²) in [6.07, 6.45) is 0.303. The van der Waals surface area contributed by atoms with Crippen LogP contribution in [-0.2, 0) is 14.3 Å². The summed E-state index contributed by atoms with van der Waals surface area (Å²) >= 11 is 0. The smallest absolute Gasteiger partial charge is 0.323 e. The van der Waals surface area contributed by atoms with Gasteiger partial charge in [0.05, 0.1) is 0 Å². The normalized spacial score (nSPS) is 12.8. The van der Waals surface area contributed by atoms with E-state index in [-0.39, 0.29) is 18.4 Å². The zero-order valence-corrected chi connectivity index (χ0v) is 12.7. The molecule has 1 atom stereocenters. The molecule has 0 fully saturated rings. The molecule has 0 rings (SSSR count). The molecule has 0 bridgehead atoms. The Morgan fingerprint density at radius 2 is 1.68 bits per heavy atom. The molecule has 5 nitrogen and oxygen atoms in total. The summed E-state index contributed by atoms with van der Waals surface area (Å²) in [6.45, 7) is 10.4. The molecule has 0 spiro atoms. The molecule has 1 amide bonds. The van der Waals surface area contributed by atoms with Gasteiger partial charge in [-0.1, -0.05) is 27.7 Å². The Morgan fingerprint density at radius 1 is 1.11 bits per heavy atom. The quantitative estimate of drug-likeness (QED) is 0.698. The molecule has 5 heteroatoms. The second-order valence-electron chi connectivity index (χ2n) is 5.70. The molecule has 0 aliphatic carbocycles. The number of hydrogen-bond acceptors (Lipinski definition) is 3. The highest BCUT2D eigenvalue weighted by Gasteiger charge is 2.23. The van der Waals surface area contributed by atoms with Crippen LogP contribution >= 0.6 is 0 Å². The van der Waals surface area contributed by atoms with Crippen LogP contribution in [0, 0.1) is 11.8 Å². The SMILES string of the molecule is CC(C)CCOC(C)C(=O)N(CC(=O)O)CC(C)C. The summed E-state index contributed by atoms with van der Waals surface area (Å²) < 4.78 is 5.47. The van der Waals surface area contributed by atoms with Crippen molar-refractivity contribution in [2.75, 3.05) is 19.7 Å². The van der Waals surface area contributed by atoms with E-state index in [0.717, 1.165) is 6.42 Å². The minimum atomic E-state index is -0.997. The lowest BCUT2D eigenvalue weighted by atomic mass is 10.1. The molecule has 0 saturated carbocycles. The van der Waals surface area contributed by atoms with E-state index < -0.39 is 12.1 Å². The van der Waals surface area contributed by atoms with Gasteiger partial charge in [-0.25, -0.2) is 0 Å². The van der Waals surface area contributed by atoms with Gasteiger partial charge in [0, 0.05) is 13.2 Å². The second-order valence-corrected chi connectivity index (χ2v) is 5.70. The van der Waals surface area contributed by atoms with E-state index in [1.54, 1.807) is 6.92 Å². The Bertz CT molecular complexity index is 289. The topological polar surface area (TPSA) is 66.8 Å². The van der Waals surface area contributed by atoms with E-state index in [1.165, 1.54) is 4.90 Å². The first-order valence-electron chi connectivity index (χ1n) is 6.86. The van der Waals surface area contributed by atoms with Gasteiger partial charge in [-0.15, -0.1) is 0 Å². The Morgan fingerprint density at radius 3 is 2.11 bits per heavy atom. The number of carbonyl (C=O) groups is 2. The molecule has 0 aromatic heterocycles. The molecule has 0 radical (unpaired) electrons. The second kappa shape index (κ2) is 8.91. The fourth-order valence-corrected chi connectivity index (χ4v) is 1.65. The average Bonchev–Trinajstić information content (AvgIpc) is 2.25. The minimum absolute atomic E-state index is 0.228. The molecule has 19 heavy (non-hydrogen) atoms. The predicted molar refractivity (Wildman–Crippen MR) is 73.9 cm³/mol. The third-order valence-corrected chi connectivity index (χ3v) is 2.63. The highest BCUT2D eigenvalue weighted by molar-refractivity contribution is 5.84. The van der Waals surface area contributed by atoms with Crippen molar-refractivity contribution < 1.29 is 19.4 Å². The number of hydrogen-bond donors (Lipinski definition) is 1. The van der Waals surface area contributed by atoms with Crippen LogP contribution in [0.25, 0.3) is 0 Å². The fourth-order valence-electron chi connectivity index (χ4n) is 1.65. The molecule has 1 unspecified atom stereocenters. The maximum Gasteiger partial charge on any atom is 0.323 e. The van der Waals surface area contributed by atoms with Crippen molar-refractivity contribution >= 4 is 11.9 Å². The van der Waals surface area contributed by atoms with Gasteiger partial charge in [0.2, 0.25) is 0 Å². The molecule has 0 aliphatic rings. The van der Waals surface area contributed by atoms with Gasteiger partial charge in [-0.05, 0) is 25.2 Å². The van der Waals surface area contributed by atoms with Crippen molar-refractivity contribution in [2.24, 2.45) is 11.8 Å². The van der Waals surface area contributed by atoms with Crippen molar-refractivity contribution in [1.82, 2.24) is 4.90 Å². The number of nitrogens with zero attached hydrogens (tertiary/aromatic N) is 1. The van der Waals surface area contributed by atoms with Gasteiger partial charge in [0.25, 0.3) is 5.91 Å². The van der Waals surface area contributed by atoms with Crippen LogP contribution in [-0.4, -0.2) is 47.7 Å². The van der Waals surface area contributed by atoms with Gasteiger partial charge in [0.15, 0.2) is 0 Å². The first-order valence-corrected chi connectivity index (χ1v) is 6.86. The molecule has 0 aromatic rings. The van der Waals surface area contributed by atoms with Crippen LogP contribution in [0.15, 0.2) is 0 Å². The lowest BCUT2D eigenvalue weighted by molar-refractivity contribution is -0.150. The van der Waals surface area contributed by atoms with Crippen molar-refractivity contribution in [3.05, 3.63) is 0 Å². The van der Waals surface area contributed by atoms with Crippen LogP contribution in [0.3, 0.4) is 0 Å². The highest BCUT2D eigenvalue weighted by Crippen LogP contribution is 2.06. The largest absolute Gasteiger partial charge is 0.480 e. The third-order valence-electron chi connectivity index (χ3n) is 2.63. The summed E-state index contributed by atoms with van der Waals surface area (Å²) in [6, 6.07) is 0. The Labute approximate surface area is 115 Å². The Kier molecular flexibility index (Phi) is 8.39. The van der Waals surface area contributed by atoms with Gasteiger partial charge in [-0.3, -0.25) is 9.59 Å². The van der Waals surface area contributed by atoms with Crippen molar-refractivity contribution in [2.45, 2.75) is 47.1 Å². The molecular formula is C14H27NO4. The van der Waals surface area contributed by atoms with Crippen LogP contribution in [0.2, 0.25) is 0 Å². The van der Waals surface area contributed by atoms with Crippen LogP contribution < -0.4 is 0 Å². The molecular weight excluding hydrogens is 246 g/mol. The zero-order chi connectivity index (χ0) is 15.0. The molecule has 0 saturated heterocycles. The summed E-state index contributed by atoms with van der Waals surface area (Å²) in [5, 5.41) is 8.84. The summed E-state index contributed by atoms with van der Waals surface area (Å²) in [4.78, 5) is 24.3. The zero-order valence-electron chi connectivity index (χ0n) is 12.7. The van der Waals surface area contributed by atoms with Crippen molar-refractivity contribution in [1.29, 1.82) is 0 Å². The van der Waals surface area contributed by atoms with Gasteiger partial charge in [0.1, 0.15) is 12.6 Å². The maximum absolute atomic E-state index is 12.1. The Hall–Kier alpha value is -1.10. The first-order chi connectivity index (χ1) is 8.73. The minimum Gasteiger partial charge on any atom is -0.480 e. The predicted octanol–water partition coefficient (Wildman–Crippen LogP) is 2.01. The number of carboxylic acid groups (broad SMARTS) is 1. The molecule has 1 N–H and O–H groups in total. The summed E-state index contributed by atoms with van der Waals surface area (Å²) in [5.41, 5.74) is 0. The first kappa shape index (κ1) is 17.9. The number of rotatable bonds is 9. The van der Waals surface area contributed by atoms with Crippen LogP contribution in [0.5, 0.6) is 0 Å². The number of carboxylic acids is 1. The van der Waals surface area contributed by atoms with E-state index in [4.69, 9.17) is 9.84 Å². The monoisotopic (exact) mass is 273 g/mol. The number of ether oxygens (including phenoxy) is 1. The standard InChI is InChI=1S/C14H27NO4/c1-10(2)6-7-19-12(5)14(18)15(8-11(3)4)9-13(16)17/h10-12H,6-9H2,1-5H3,(H,16,17). The van der Waals surface area contributed by atoms with Crippen LogP contribution in [0.1, 0.15) is 41.0 Å². The maximum atomic E-state index is 12.1. The third kappa shape index (κ3) is 8.59. The van der Waals surface area contributed by atoms with E-state index in [2.05, 4.69) is 13.8 Å². The highest BCUT2D eigenvalue weighted by atomic mass is 16.5. The fraction of sp³-hybridized carbons (Fsp3) is 0.857. The Balaban J connectivity index is 4.38. The lowest BCUT2D eigenvalue weighted by Gasteiger charge is -2.26. The lowest BCUT2D eigenvalue weighted by Crippen LogP contribution is -2.44. The summed E-state index contributed by atoms with van der Waals surface area (Å²) in [7, 11) is 0. The van der Waals surface area contributed by atoms with E-state index in [0.29, 0.717) is 19.1 Å². The van der Waals surface area contributed by atoms with Gasteiger partial charge < -0.3 is 14.7 Å². The molecule has 0 aromatic carbocycles.